The molecular weight excluding hydrogens is 192 g/mol. The van der Waals surface area contributed by atoms with Gasteiger partial charge in [-0.2, -0.15) is 0 Å². The minimum absolute atomic E-state index is 0.00953. The number of amides is 1. The van der Waals surface area contributed by atoms with E-state index in [-0.39, 0.29) is 12.0 Å². The van der Waals surface area contributed by atoms with Gasteiger partial charge in [0.1, 0.15) is 0 Å². The number of ether oxygens (including phenoxy) is 1. The second-order valence-corrected chi connectivity index (χ2v) is 3.62. The van der Waals surface area contributed by atoms with E-state index in [2.05, 4.69) is 23.1 Å². The van der Waals surface area contributed by atoms with Crippen molar-refractivity contribution in [3.63, 3.8) is 0 Å². The van der Waals surface area contributed by atoms with Crippen LogP contribution in [0.25, 0.3) is 0 Å². The third kappa shape index (κ3) is 4.32. The average Bonchev–Trinajstić information content (AvgIpc) is 2.26. The number of morpholine rings is 1. The van der Waals surface area contributed by atoms with Gasteiger partial charge in [-0.25, -0.2) is 0 Å². The normalized spacial score (nSPS) is 22.0. The first kappa shape index (κ1) is 12.0. The third-order valence-corrected chi connectivity index (χ3v) is 2.43. The SMILES string of the molecule is C#CCNC(=O)CN1CCO[C@@H](CC)C1. The molecule has 1 rings (SSSR count). The first-order valence-electron chi connectivity index (χ1n) is 5.30. The van der Waals surface area contributed by atoms with Crippen LogP contribution in [0.15, 0.2) is 0 Å². The van der Waals surface area contributed by atoms with E-state index in [4.69, 9.17) is 11.2 Å². The molecule has 1 N–H and O–H groups in total. The Morgan fingerprint density at radius 2 is 2.53 bits per heavy atom. The molecule has 0 unspecified atom stereocenters. The van der Waals surface area contributed by atoms with Crippen LogP contribution in [0.4, 0.5) is 0 Å². The number of rotatable bonds is 4. The molecule has 1 fully saturated rings. The summed E-state index contributed by atoms with van der Waals surface area (Å²) in [6.45, 7) is 5.18. The highest BCUT2D eigenvalue weighted by atomic mass is 16.5. The van der Waals surface area contributed by atoms with Gasteiger partial charge >= 0.3 is 0 Å². The fourth-order valence-corrected chi connectivity index (χ4v) is 1.58. The van der Waals surface area contributed by atoms with Crippen molar-refractivity contribution < 1.29 is 9.53 Å². The largest absolute Gasteiger partial charge is 0.376 e. The lowest BCUT2D eigenvalue weighted by Gasteiger charge is -2.31. The highest BCUT2D eigenvalue weighted by Gasteiger charge is 2.20. The molecule has 0 aromatic carbocycles. The van der Waals surface area contributed by atoms with Gasteiger partial charge in [0, 0.05) is 13.1 Å². The topological polar surface area (TPSA) is 41.6 Å². The lowest BCUT2D eigenvalue weighted by Crippen LogP contribution is -2.46. The van der Waals surface area contributed by atoms with Crippen LogP contribution < -0.4 is 5.32 Å². The van der Waals surface area contributed by atoms with E-state index in [1.807, 2.05) is 0 Å². The van der Waals surface area contributed by atoms with Crippen LogP contribution in [0.3, 0.4) is 0 Å². The zero-order valence-corrected chi connectivity index (χ0v) is 9.16. The van der Waals surface area contributed by atoms with Gasteiger partial charge in [-0.1, -0.05) is 12.8 Å². The lowest BCUT2D eigenvalue weighted by atomic mass is 10.2. The fourth-order valence-electron chi connectivity index (χ4n) is 1.58. The summed E-state index contributed by atoms with van der Waals surface area (Å²) in [6.07, 6.45) is 6.31. The van der Waals surface area contributed by atoms with Crippen molar-refractivity contribution in [3.05, 3.63) is 0 Å². The number of carbonyl (C=O) groups excluding carboxylic acids is 1. The Hall–Kier alpha value is -1.05. The summed E-state index contributed by atoms with van der Waals surface area (Å²) in [5.41, 5.74) is 0. The van der Waals surface area contributed by atoms with E-state index in [1.54, 1.807) is 0 Å². The molecular formula is C11H18N2O2. The van der Waals surface area contributed by atoms with Crippen LogP contribution in [-0.2, 0) is 9.53 Å². The molecule has 4 nitrogen and oxygen atoms in total. The molecule has 1 aliphatic rings. The second-order valence-electron chi connectivity index (χ2n) is 3.62. The summed E-state index contributed by atoms with van der Waals surface area (Å²) < 4.78 is 5.51. The van der Waals surface area contributed by atoms with Gasteiger partial charge in [0.25, 0.3) is 0 Å². The van der Waals surface area contributed by atoms with Gasteiger partial charge in [0.15, 0.2) is 0 Å². The van der Waals surface area contributed by atoms with Crippen molar-refractivity contribution in [2.45, 2.75) is 19.4 Å². The van der Waals surface area contributed by atoms with Crippen LogP contribution in [0.2, 0.25) is 0 Å². The molecule has 0 spiro atoms. The molecule has 0 aromatic rings. The number of hydrogen-bond donors (Lipinski definition) is 1. The van der Waals surface area contributed by atoms with E-state index >= 15 is 0 Å². The molecule has 84 valence electrons. The van der Waals surface area contributed by atoms with Crippen LogP contribution in [0, 0.1) is 12.3 Å². The first-order valence-corrected chi connectivity index (χ1v) is 5.30. The molecule has 1 aliphatic heterocycles. The van der Waals surface area contributed by atoms with Gasteiger partial charge in [-0.3, -0.25) is 9.69 Å². The standard InChI is InChI=1S/C11H18N2O2/c1-3-5-12-11(14)9-13-6-7-15-10(4-2)8-13/h1,10H,4-9H2,2H3,(H,12,14)/t10-/m0/s1. The summed E-state index contributed by atoms with van der Waals surface area (Å²) in [5, 5.41) is 2.65. The van der Waals surface area contributed by atoms with Gasteiger partial charge in [0.2, 0.25) is 5.91 Å². The zero-order valence-electron chi connectivity index (χ0n) is 9.16. The monoisotopic (exact) mass is 210 g/mol. The van der Waals surface area contributed by atoms with Crippen molar-refractivity contribution >= 4 is 5.91 Å². The average molecular weight is 210 g/mol. The number of terminal acetylenes is 1. The maximum Gasteiger partial charge on any atom is 0.234 e. The molecule has 4 heteroatoms. The molecule has 1 heterocycles. The Morgan fingerprint density at radius 3 is 3.20 bits per heavy atom. The third-order valence-electron chi connectivity index (χ3n) is 2.43. The molecule has 0 aliphatic carbocycles. The van der Waals surface area contributed by atoms with E-state index in [0.29, 0.717) is 19.7 Å². The van der Waals surface area contributed by atoms with E-state index in [9.17, 15) is 4.79 Å². The Balaban J connectivity index is 2.25. The van der Waals surface area contributed by atoms with Crippen molar-refractivity contribution in [1.82, 2.24) is 10.2 Å². The second kappa shape index (κ2) is 6.44. The van der Waals surface area contributed by atoms with Crippen molar-refractivity contribution in [2.75, 3.05) is 32.8 Å². The van der Waals surface area contributed by atoms with Crippen molar-refractivity contribution in [2.24, 2.45) is 0 Å². The highest BCUT2D eigenvalue weighted by molar-refractivity contribution is 5.78. The number of hydrogen-bond acceptors (Lipinski definition) is 3. The molecule has 0 aromatic heterocycles. The summed E-state index contributed by atoms with van der Waals surface area (Å²) >= 11 is 0. The maximum atomic E-state index is 11.4. The van der Waals surface area contributed by atoms with E-state index in [1.165, 1.54) is 0 Å². The van der Waals surface area contributed by atoms with Crippen molar-refractivity contribution in [1.29, 1.82) is 0 Å². The van der Waals surface area contributed by atoms with E-state index < -0.39 is 0 Å². The quantitative estimate of drug-likeness (QED) is 0.656. The summed E-state index contributed by atoms with van der Waals surface area (Å²) in [5.74, 6) is 2.37. The van der Waals surface area contributed by atoms with Crippen LogP contribution in [0.1, 0.15) is 13.3 Å². The number of carbonyl (C=O) groups is 1. The van der Waals surface area contributed by atoms with Gasteiger partial charge in [0.05, 0.1) is 25.8 Å². The minimum atomic E-state index is -0.00953. The zero-order chi connectivity index (χ0) is 11.1. The predicted molar refractivity (Wildman–Crippen MR) is 58.3 cm³/mol. The van der Waals surface area contributed by atoms with Crippen LogP contribution >= 0.6 is 0 Å². The molecule has 1 saturated heterocycles. The maximum absolute atomic E-state index is 11.4. The summed E-state index contributed by atoms with van der Waals surface area (Å²) in [6, 6.07) is 0. The highest BCUT2D eigenvalue weighted by Crippen LogP contribution is 2.07. The number of nitrogens with one attached hydrogen (secondary N) is 1. The summed E-state index contributed by atoms with van der Waals surface area (Å²) in [4.78, 5) is 13.5. The number of nitrogens with zero attached hydrogens (tertiary/aromatic N) is 1. The van der Waals surface area contributed by atoms with Gasteiger partial charge in [-0.15, -0.1) is 6.42 Å². The molecule has 0 bridgehead atoms. The van der Waals surface area contributed by atoms with E-state index in [0.717, 1.165) is 19.5 Å². The van der Waals surface area contributed by atoms with Crippen LogP contribution in [0.5, 0.6) is 0 Å². The molecule has 0 radical (unpaired) electrons. The van der Waals surface area contributed by atoms with Gasteiger partial charge < -0.3 is 10.1 Å². The fraction of sp³-hybridized carbons (Fsp3) is 0.727. The minimum Gasteiger partial charge on any atom is -0.376 e. The predicted octanol–water partition coefficient (Wildman–Crippen LogP) is -0.153. The molecule has 0 saturated carbocycles. The Labute approximate surface area is 91.0 Å². The van der Waals surface area contributed by atoms with Gasteiger partial charge in [-0.05, 0) is 6.42 Å². The Morgan fingerprint density at radius 1 is 1.73 bits per heavy atom. The first-order chi connectivity index (χ1) is 7.26. The van der Waals surface area contributed by atoms with Crippen molar-refractivity contribution in [3.8, 4) is 12.3 Å². The molecule has 1 atom stereocenters. The molecule has 15 heavy (non-hydrogen) atoms. The lowest BCUT2D eigenvalue weighted by molar-refractivity contribution is -0.124. The smallest absolute Gasteiger partial charge is 0.234 e. The Kier molecular flexibility index (Phi) is 5.16. The summed E-state index contributed by atoms with van der Waals surface area (Å²) in [7, 11) is 0. The molecule has 1 amide bonds. The van der Waals surface area contributed by atoms with Crippen LogP contribution in [-0.4, -0.2) is 49.7 Å². The Bertz CT molecular complexity index is 247.